The van der Waals surface area contributed by atoms with Crippen molar-refractivity contribution < 1.29 is 9.85 Å². The van der Waals surface area contributed by atoms with Gasteiger partial charge in [-0.1, -0.05) is 6.07 Å². The number of nitrogens with one attached hydrogen (secondary N) is 1. The Kier molecular flexibility index (Phi) is 3.76. The van der Waals surface area contributed by atoms with Gasteiger partial charge in [0.05, 0.1) is 27.5 Å². The minimum absolute atomic E-state index is 0.112. The molecular formula is C13H8N4O4. The quantitative estimate of drug-likeness (QED) is 0.679. The van der Waals surface area contributed by atoms with Gasteiger partial charge in [-0.15, -0.1) is 0 Å². The van der Waals surface area contributed by atoms with Crippen molar-refractivity contribution in [3.05, 3.63) is 68.3 Å². The summed E-state index contributed by atoms with van der Waals surface area (Å²) in [5.41, 5.74) is 0.209. The average molecular weight is 284 g/mol. The second kappa shape index (κ2) is 5.66. The maximum Gasteiger partial charge on any atom is 0.299 e. The van der Waals surface area contributed by atoms with E-state index in [1.807, 2.05) is 6.07 Å². The summed E-state index contributed by atoms with van der Waals surface area (Å²) in [4.78, 5) is 20.2. The summed E-state index contributed by atoms with van der Waals surface area (Å²) in [6.07, 6.45) is 0. The summed E-state index contributed by atoms with van der Waals surface area (Å²) in [7, 11) is 0. The molecular weight excluding hydrogens is 276 g/mol. The van der Waals surface area contributed by atoms with E-state index in [0.717, 1.165) is 6.07 Å². The van der Waals surface area contributed by atoms with Crippen LogP contribution >= 0.6 is 0 Å². The van der Waals surface area contributed by atoms with Gasteiger partial charge in [-0.2, -0.15) is 5.26 Å². The van der Waals surface area contributed by atoms with Gasteiger partial charge in [0.15, 0.2) is 0 Å². The number of nitro benzene ring substituents is 2. The molecule has 0 aliphatic heterocycles. The molecule has 8 nitrogen and oxygen atoms in total. The highest BCUT2D eigenvalue weighted by Gasteiger charge is 2.19. The Hall–Kier alpha value is -3.47. The maximum absolute atomic E-state index is 11.0. The van der Waals surface area contributed by atoms with Crippen molar-refractivity contribution in [3.8, 4) is 6.07 Å². The van der Waals surface area contributed by atoms with E-state index in [1.165, 1.54) is 18.2 Å². The van der Waals surface area contributed by atoms with Gasteiger partial charge in [0.25, 0.3) is 11.4 Å². The van der Waals surface area contributed by atoms with Gasteiger partial charge in [0.1, 0.15) is 5.69 Å². The van der Waals surface area contributed by atoms with Crippen LogP contribution in [0.4, 0.5) is 22.7 Å². The summed E-state index contributed by atoms with van der Waals surface area (Å²) >= 11 is 0. The third kappa shape index (κ3) is 3.10. The number of non-ortho nitro benzene ring substituents is 1. The van der Waals surface area contributed by atoms with Crippen LogP contribution in [0.25, 0.3) is 0 Å². The first-order chi connectivity index (χ1) is 10.0. The smallest absolute Gasteiger partial charge is 0.299 e. The topological polar surface area (TPSA) is 122 Å². The lowest BCUT2D eigenvalue weighted by molar-refractivity contribution is -0.393. The highest BCUT2D eigenvalue weighted by molar-refractivity contribution is 5.72. The van der Waals surface area contributed by atoms with Crippen LogP contribution in [0.3, 0.4) is 0 Å². The van der Waals surface area contributed by atoms with Gasteiger partial charge in [0, 0.05) is 11.8 Å². The molecule has 2 aromatic carbocycles. The predicted molar refractivity (Wildman–Crippen MR) is 74.2 cm³/mol. The summed E-state index contributed by atoms with van der Waals surface area (Å²) in [6.45, 7) is 0. The Labute approximate surface area is 118 Å². The van der Waals surface area contributed by atoms with E-state index in [-0.39, 0.29) is 11.4 Å². The predicted octanol–water partition coefficient (Wildman–Crippen LogP) is 3.12. The van der Waals surface area contributed by atoms with Crippen LogP contribution in [0.5, 0.6) is 0 Å². The summed E-state index contributed by atoms with van der Waals surface area (Å²) < 4.78 is 0. The molecule has 0 spiro atoms. The van der Waals surface area contributed by atoms with E-state index in [1.54, 1.807) is 18.2 Å². The molecule has 1 N–H and O–H groups in total. The maximum atomic E-state index is 11.0. The lowest BCUT2D eigenvalue weighted by atomic mass is 10.2. The fourth-order valence-corrected chi connectivity index (χ4v) is 1.71. The standard InChI is InChI=1S/C13H8N4O4/c14-8-9-2-1-3-10(6-9)15-12-5-4-11(16(18)19)7-13(12)17(20)21/h1-7,15H. The number of rotatable bonds is 4. The molecule has 104 valence electrons. The van der Waals surface area contributed by atoms with Crippen molar-refractivity contribution in [1.82, 2.24) is 0 Å². The molecule has 0 aliphatic carbocycles. The summed E-state index contributed by atoms with van der Waals surface area (Å²) in [5, 5.41) is 33.2. The minimum atomic E-state index is -0.705. The molecule has 0 aliphatic rings. The van der Waals surface area contributed by atoms with Crippen LogP contribution in [-0.2, 0) is 0 Å². The first-order valence-corrected chi connectivity index (χ1v) is 5.71. The van der Waals surface area contributed by atoms with Gasteiger partial charge in [-0.3, -0.25) is 20.2 Å². The molecule has 0 fully saturated rings. The molecule has 2 rings (SSSR count). The Balaban J connectivity index is 2.41. The number of benzene rings is 2. The van der Waals surface area contributed by atoms with Gasteiger partial charge >= 0.3 is 0 Å². The van der Waals surface area contributed by atoms with Crippen LogP contribution in [-0.4, -0.2) is 9.85 Å². The van der Waals surface area contributed by atoms with Crippen molar-refractivity contribution >= 4 is 22.7 Å². The first-order valence-electron chi connectivity index (χ1n) is 5.71. The van der Waals surface area contributed by atoms with Crippen LogP contribution in [0.2, 0.25) is 0 Å². The van der Waals surface area contributed by atoms with Gasteiger partial charge < -0.3 is 5.32 Å². The van der Waals surface area contributed by atoms with E-state index < -0.39 is 15.5 Å². The van der Waals surface area contributed by atoms with Gasteiger partial charge in [-0.05, 0) is 24.3 Å². The molecule has 0 saturated heterocycles. The number of nitrogens with zero attached hydrogens (tertiary/aromatic N) is 3. The lowest BCUT2D eigenvalue weighted by Gasteiger charge is -2.07. The molecule has 0 heterocycles. The number of nitriles is 1. The van der Waals surface area contributed by atoms with Gasteiger partial charge in [0.2, 0.25) is 0 Å². The normalized spacial score (nSPS) is 9.67. The Bertz CT molecular complexity index is 767. The molecule has 8 heteroatoms. The second-order valence-electron chi connectivity index (χ2n) is 4.03. The largest absolute Gasteiger partial charge is 0.350 e. The van der Waals surface area contributed by atoms with Crippen molar-refractivity contribution in [2.24, 2.45) is 0 Å². The highest BCUT2D eigenvalue weighted by Crippen LogP contribution is 2.31. The number of nitro groups is 2. The zero-order chi connectivity index (χ0) is 15.4. The molecule has 0 unspecified atom stereocenters. The van der Waals surface area contributed by atoms with Crippen LogP contribution in [0.15, 0.2) is 42.5 Å². The van der Waals surface area contributed by atoms with Crippen LogP contribution in [0.1, 0.15) is 5.56 Å². The monoisotopic (exact) mass is 284 g/mol. The third-order valence-electron chi connectivity index (χ3n) is 2.66. The van der Waals surface area contributed by atoms with E-state index in [0.29, 0.717) is 11.3 Å². The molecule has 0 radical (unpaired) electrons. The fraction of sp³-hybridized carbons (Fsp3) is 0. The SMILES string of the molecule is N#Cc1cccc(Nc2ccc([N+](=O)[O-])cc2[N+](=O)[O-])c1. The average Bonchev–Trinajstić information content (AvgIpc) is 2.47. The second-order valence-corrected chi connectivity index (χ2v) is 4.03. The van der Waals surface area contributed by atoms with E-state index in [2.05, 4.69) is 5.32 Å². The molecule has 0 saturated carbocycles. The Morgan fingerprint density at radius 2 is 1.81 bits per heavy atom. The van der Waals surface area contributed by atoms with Crippen LogP contribution in [0, 0.1) is 31.6 Å². The molecule has 2 aromatic rings. The molecule has 0 aromatic heterocycles. The number of hydrogen-bond acceptors (Lipinski definition) is 6. The third-order valence-corrected chi connectivity index (χ3v) is 2.66. The van der Waals surface area contributed by atoms with Crippen molar-refractivity contribution in [1.29, 1.82) is 5.26 Å². The summed E-state index contributed by atoms with van der Waals surface area (Å²) in [5.74, 6) is 0. The summed E-state index contributed by atoms with van der Waals surface area (Å²) in [6, 6.07) is 11.6. The van der Waals surface area contributed by atoms with E-state index >= 15 is 0 Å². The Morgan fingerprint density at radius 1 is 1.05 bits per heavy atom. The fourth-order valence-electron chi connectivity index (χ4n) is 1.71. The van der Waals surface area contributed by atoms with Crippen molar-refractivity contribution in [3.63, 3.8) is 0 Å². The minimum Gasteiger partial charge on any atom is -0.350 e. The van der Waals surface area contributed by atoms with E-state index in [9.17, 15) is 20.2 Å². The highest BCUT2D eigenvalue weighted by atomic mass is 16.6. The Morgan fingerprint density at radius 3 is 2.43 bits per heavy atom. The number of anilines is 2. The van der Waals surface area contributed by atoms with Gasteiger partial charge in [-0.25, -0.2) is 0 Å². The molecule has 21 heavy (non-hydrogen) atoms. The lowest BCUT2D eigenvalue weighted by Crippen LogP contribution is -1.99. The van der Waals surface area contributed by atoms with Crippen LogP contribution < -0.4 is 5.32 Å². The van der Waals surface area contributed by atoms with E-state index in [4.69, 9.17) is 5.26 Å². The number of hydrogen-bond donors (Lipinski definition) is 1. The van der Waals surface area contributed by atoms with Crippen molar-refractivity contribution in [2.45, 2.75) is 0 Å². The molecule has 0 atom stereocenters. The zero-order valence-corrected chi connectivity index (χ0v) is 10.5. The molecule has 0 amide bonds. The first kappa shape index (κ1) is 14.0. The van der Waals surface area contributed by atoms with Crippen molar-refractivity contribution in [2.75, 3.05) is 5.32 Å². The molecule has 0 bridgehead atoms. The zero-order valence-electron chi connectivity index (χ0n) is 10.5.